The molecule has 140 valence electrons. The van der Waals surface area contributed by atoms with Gasteiger partial charge in [-0.1, -0.05) is 60.7 Å². The summed E-state index contributed by atoms with van der Waals surface area (Å²) in [6.45, 7) is 3.99. The molecule has 2 aromatic rings. The van der Waals surface area contributed by atoms with E-state index in [1.54, 1.807) is 6.08 Å². The minimum Gasteiger partial charge on any atom is -0.445 e. The molecule has 0 radical (unpaired) electrons. The Labute approximate surface area is 160 Å². The van der Waals surface area contributed by atoms with Crippen LogP contribution < -0.4 is 11.1 Å². The number of amides is 1. The highest BCUT2D eigenvalue weighted by Crippen LogP contribution is 2.20. The topological polar surface area (TPSA) is 88.1 Å². The van der Waals surface area contributed by atoms with Crippen molar-refractivity contribution < 1.29 is 9.53 Å². The van der Waals surface area contributed by atoms with E-state index in [0.29, 0.717) is 19.3 Å². The van der Waals surface area contributed by atoms with Gasteiger partial charge < -0.3 is 15.8 Å². The lowest BCUT2D eigenvalue weighted by Gasteiger charge is -2.19. The Morgan fingerprint density at radius 2 is 1.96 bits per heavy atom. The molecular weight excluding hydrogens is 338 g/mol. The Bertz CT molecular complexity index is 784. The molecule has 0 fully saturated rings. The number of benzene rings is 2. The summed E-state index contributed by atoms with van der Waals surface area (Å²) in [5.41, 5.74) is 8.86. The molecule has 5 nitrogen and oxygen atoms in total. The molecule has 0 aromatic heterocycles. The molecule has 0 unspecified atom stereocenters. The van der Waals surface area contributed by atoms with E-state index >= 15 is 0 Å². The lowest BCUT2D eigenvalue weighted by atomic mass is 9.98. The Morgan fingerprint density at radius 1 is 1.22 bits per heavy atom. The first kappa shape index (κ1) is 20.2. The van der Waals surface area contributed by atoms with Crippen LogP contribution in [0.2, 0.25) is 0 Å². The van der Waals surface area contributed by atoms with E-state index in [2.05, 4.69) is 18.0 Å². The van der Waals surface area contributed by atoms with E-state index in [1.807, 2.05) is 54.6 Å². The summed E-state index contributed by atoms with van der Waals surface area (Å²) in [6, 6.07) is 19.0. The average molecular weight is 363 g/mol. The molecule has 5 heteroatoms. The smallest absolute Gasteiger partial charge is 0.407 e. The van der Waals surface area contributed by atoms with Crippen LogP contribution in [0.1, 0.15) is 35.6 Å². The van der Waals surface area contributed by atoms with Gasteiger partial charge in [-0.3, -0.25) is 0 Å². The van der Waals surface area contributed by atoms with Gasteiger partial charge in [0.25, 0.3) is 0 Å². The summed E-state index contributed by atoms with van der Waals surface area (Å²) in [5, 5.41) is 11.7. The monoisotopic (exact) mass is 363 g/mol. The molecule has 0 aliphatic rings. The molecule has 0 saturated carbocycles. The van der Waals surface area contributed by atoms with Crippen molar-refractivity contribution in [1.29, 1.82) is 5.26 Å². The van der Waals surface area contributed by atoms with Crippen LogP contribution in [0.4, 0.5) is 4.79 Å². The van der Waals surface area contributed by atoms with Crippen LogP contribution in [0.15, 0.2) is 67.3 Å². The van der Waals surface area contributed by atoms with Crippen molar-refractivity contribution >= 4 is 6.09 Å². The minimum absolute atomic E-state index is 0.202. The van der Waals surface area contributed by atoms with Gasteiger partial charge in [0.15, 0.2) is 0 Å². The molecule has 0 saturated heterocycles. The molecule has 2 aromatic carbocycles. The Morgan fingerprint density at radius 3 is 2.67 bits per heavy atom. The van der Waals surface area contributed by atoms with Crippen molar-refractivity contribution in [3.05, 3.63) is 83.9 Å². The minimum atomic E-state index is -0.475. The van der Waals surface area contributed by atoms with Gasteiger partial charge in [-0.2, -0.15) is 5.26 Å². The molecule has 1 amide bonds. The zero-order chi connectivity index (χ0) is 19.5. The zero-order valence-electron chi connectivity index (χ0n) is 15.3. The first-order valence-electron chi connectivity index (χ1n) is 8.92. The second-order valence-electron chi connectivity index (χ2n) is 6.35. The molecule has 2 atom stereocenters. The van der Waals surface area contributed by atoms with Crippen LogP contribution in [0.3, 0.4) is 0 Å². The number of nitrogens with one attached hydrogen (secondary N) is 1. The van der Waals surface area contributed by atoms with Gasteiger partial charge in [-0.15, -0.1) is 6.58 Å². The first-order valence-corrected chi connectivity index (χ1v) is 8.92. The highest BCUT2D eigenvalue weighted by atomic mass is 16.5. The summed E-state index contributed by atoms with van der Waals surface area (Å²) in [5.74, 6) is 0. The molecule has 0 heterocycles. The molecule has 0 spiro atoms. The van der Waals surface area contributed by atoms with E-state index in [1.165, 1.54) is 0 Å². The SMILES string of the molecule is C=CC[C@H](NC(=O)OCc1ccccc1)c1cccc(C[C@@H](N)CC#N)c1. The third kappa shape index (κ3) is 6.96. The van der Waals surface area contributed by atoms with Crippen LogP contribution in [-0.2, 0) is 17.8 Å². The van der Waals surface area contributed by atoms with Crippen molar-refractivity contribution in [2.75, 3.05) is 0 Å². The van der Waals surface area contributed by atoms with E-state index in [0.717, 1.165) is 16.7 Å². The lowest BCUT2D eigenvalue weighted by Crippen LogP contribution is -2.29. The number of hydrogen-bond donors (Lipinski definition) is 2. The van der Waals surface area contributed by atoms with E-state index in [9.17, 15) is 4.79 Å². The Kier molecular flexibility index (Phi) is 8.08. The van der Waals surface area contributed by atoms with Crippen LogP contribution >= 0.6 is 0 Å². The van der Waals surface area contributed by atoms with Gasteiger partial charge in [0, 0.05) is 6.04 Å². The Hall–Kier alpha value is -3.10. The van der Waals surface area contributed by atoms with Crippen LogP contribution in [0.25, 0.3) is 0 Å². The largest absolute Gasteiger partial charge is 0.445 e. The van der Waals surface area contributed by atoms with Crippen LogP contribution in [0.5, 0.6) is 0 Å². The number of alkyl carbamates (subject to hydrolysis) is 1. The fraction of sp³-hybridized carbons (Fsp3) is 0.273. The highest BCUT2D eigenvalue weighted by molar-refractivity contribution is 5.68. The number of hydrogen-bond acceptors (Lipinski definition) is 4. The van der Waals surface area contributed by atoms with Crippen LogP contribution in [0, 0.1) is 11.3 Å². The highest BCUT2D eigenvalue weighted by Gasteiger charge is 2.15. The van der Waals surface area contributed by atoms with Crippen molar-refractivity contribution in [2.24, 2.45) is 5.73 Å². The summed E-state index contributed by atoms with van der Waals surface area (Å²) in [6.07, 6.45) is 2.78. The lowest BCUT2D eigenvalue weighted by molar-refractivity contribution is 0.135. The third-order valence-electron chi connectivity index (χ3n) is 4.11. The molecule has 0 aliphatic heterocycles. The van der Waals surface area contributed by atoms with E-state index < -0.39 is 6.09 Å². The number of ether oxygens (including phenoxy) is 1. The number of nitriles is 1. The van der Waals surface area contributed by atoms with Gasteiger partial charge in [0.05, 0.1) is 18.5 Å². The molecule has 2 rings (SSSR count). The maximum atomic E-state index is 12.2. The number of nitrogens with two attached hydrogens (primary N) is 1. The van der Waals surface area contributed by atoms with Crippen LogP contribution in [-0.4, -0.2) is 12.1 Å². The number of carbonyl (C=O) groups is 1. The molecule has 0 bridgehead atoms. The number of nitrogens with zero attached hydrogens (tertiary/aromatic N) is 1. The normalized spacial score (nSPS) is 12.4. The molecule has 0 aliphatic carbocycles. The second-order valence-corrected chi connectivity index (χ2v) is 6.35. The standard InChI is InChI=1S/C22H25N3O2/c1-2-7-21(25-22(26)27-16-17-8-4-3-5-9-17)19-11-6-10-18(14-19)15-20(24)12-13-23/h2-6,8-11,14,20-21H,1,7,12,15-16,24H2,(H,25,26)/t20-,21-/m0/s1. The van der Waals surface area contributed by atoms with Gasteiger partial charge in [0.2, 0.25) is 0 Å². The quantitative estimate of drug-likeness (QED) is 0.659. The van der Waals surface area contributed by atoms with Gasteiger partial charge in [0.1, 0.15) is 6.61 Å². The van der Waals surface area contributed by atoms with Crippen molar-refractivity contribution in [2.45, 2.75) is 38.0 Å². The maximum Gasteiger partial charge on any atom is 0.407 e. The van der Waals surface area contributed by atoms with E-state index in [4.69, 9.17) is 15.7 Å². The summed E-state index contributed by atoms with van der Waals surface area (Å²) in [7, 11) is 0. The van der Waals surface area contributed by atoms with E-state index in [-0.39, 0.29) is 18.7 Å². The van der Waals surface area contributed by atoms with Gasteiger partial charge >= 0.3 is 6.09 Å². The van der Waals surface area contributed by atoms with Crippen molar-refractivity contribution in [3.63, 3.8) is 0 Å². The fourth-order valence-corrected chi connectivity index (χ4v) is 2.78. The molecular formula is C22H25N3O2. The molecule has 3 N–H and O–H groups in total. The predicted octanol–water partition coefficient (Wildman–Crippen LogP) is 4.01. The predicted molar refractivity (Wildman–Crippen MR) is 106 cm³/mol. The number of carbonyl (C=O) groups excluding carboxylic acids is 1. The number of rotatable bonds is 9. The summed E-state index contributed by atoms with van der Waals surface area (Å²) >= 11 is 0. The summed E-state index contributed by atoms with van der Waals surface area (Å²) < 4.78 is 5.31. The second kappa shape index (κ2) is 10.8. The maximum absolute atomic E-state index is 12.2. The molecule has 27 heavy (non-hydrogen) atoms. The fourth-order valence-electron chi connectivity index (χ4n) is 2.78. The van der Waals surface area contributed by atoms with Gasteiger partial charge in [-0.25, -0.2) is 4.79 Å². The van der Waals surface area contributed by atoms with Crippen molar-refractivity contribution in [1.82, 2.24) is 5.32 Å². The van der Waals surface area contributed by atoms with Gasteiger partial charge in [-0.05, 0) is 29.5 Å². The average Bonchev–Trinajstić information content (AvgIpc) is 2.67. The Balaban J connectivity index is 2.00. The third-order valence-corrected chi connectivity index (χ3v) is 4.11. The van der Waals surface area contributed by atoms with Crippen molar-refractivity contribution in [3.8, 4) is 6.07 Å². The zero-order valence-corrected chi connectivity index (χ0v) is 15.3. The summed E-state index contributed by atoms with van der Waals surface area (Å²) in [4.78, 5) is 12.2. The first-order chi connectivity index (χ1) is 13.1.